The van der Waals surface area contributed by atoms with Crippen LogP contribution in [-0.2, 0) is 32.6 Å². The first-order valence-electron chi connectivity index (χ1n) is 15.3. The second kappa shape index (κ2) is 16.0. The molecule has 0 fully saturated rings. The van der Waals surface area contributed by atoms with E-state index in [2.05, 4.69) is 5.32 Å². The molecule has 8 nitrogen and oxygen atoms in total. The third kappa shape index (κ3) is 8.94. The highest BCUT2D eigenvalue weighted by molar-refractivity contribution is 7.92. The molecule has 0 spiro atoms. The van der Waals surface area contributed by atoms with Crippen LogP contribution in [0.1, 0.15) is 37.0 Å². The van der Waals surface area contributed by atoms with Crippen molar-refractivity contribution in [1.82, 2.24) is 10.2 Å². The average molecular weight is 646 g/mol. The number of benzene rings is 4. The van der Waals surface area contributed by atoms with Crippen molar-refractivity contribution in [3.05, 3.63) is 126 Å². The van der Waals surface area contributed by atoms with Gasteiger partial charge in [0, 0.05) is 19.5 Å². The van der Waals surface area contributed by atoms with Gasteiger partial charge in [-0.1, -0.05) is 67.1 Å². The number of sulfonamides is 1. The molecule has 1 N–H and O–H groups in total. The van der Waals surface area contributed by atoms with Crippen molar-refractivity contribution < 1.29 is 27.1 Å². The molecular formula is C36H40FN3O5S. The molecule has 0 aliphatic carbocycles. The fourth-order valence-corrected chi connectivity index (χ4v) is 6.36. The van der Waals surface area contributed by atoms with Gasteiger partial charge in [0.25, 0.3) is 10.0 Å². The van der Waals surface area contributed by atoms with E-state index in [9.17, 15) is 22.4 Å². The van der Waals surface area contributed by atoms with Crippen LogP contribution in [0.5, 0.6) is 5.75 Å². The van der Waals surface area contributed by atoms with E-state index in [4.69, 9.17) is 4.74 Å². The minimum Gasteiger partial charge on any atom is -0.494 e. The summed E-state index contributed by atoms with van der Waals surface area (Å²) < 4.78 is 48.6. The van der Waals surface area contributed by atoms with E-state index in [0.29, 0.717) is 25.3 Å². The Labute approximate surface area is 270 Å². The number of hydrogen-bond donors (Lipinski definition) is 1. The fourth-order valence-electron chi connectivity index (χ4n) is 4.95. The fraction of sp³-hybridized carbons (Fsp3) is 0.278. The summed E-state index contributed by atoms with van der Waals surface area (Å²) in [5.41, 5.74) is 2.77. The topological polar surface area (TPSA) is 96.0 Å². The van der Waals surface area contributed by atoms with Gasteiger partial charge in [0.15, 0.2) is 0 Å². The largest absolute Gasteiger partial charge is 0.494 e. The Bertz CT molecular complexity index is 1680. The van der Waals surface area contributed by atoms with Crippen LogP contribution in [-0.4, -0.2) is 50.9 Å². The molecule has 0 heterocycles. The standard InChI is InChI=1S/C36H40FN3O5S/c1-4-23-38-36(42)34(24-28-9-7-6-8-10-28)39(25-29-13-11-27(3)12-14-29)35(41)26-40(31-17-15-30(37)16-18-31)46(43,44)33-21-19-32(20-22-33)45-5-2/h6-22,34H,4-5,23-26H2,1-3H3,(H,38,42)/t34-/m0/s1. The molecule has 0 bridgehead atoms. The third-order valence-corrected chi connectivity index (χ3v) is 9.20. The third-order valence-electron chi connectivity index (χ3n) is 7.41. The Morgan fingerprint density at radius 1 is 0.848 bits per heavy atom. The smallest absolute Gasteiger partial charge is 0.264 e. The van der Waals surface area contributed by atoms with Crippen LogP contribution in [0, 0.1) is 12.7 Å². The Hall–Kier alpha value is -4.70. The monoisotopic (exact) mass is 645 g/mol. The number of amides is 2. The maximum Gasteiger partial charge on any atom is 0.264 e. The lowest BCUT2D eigenvalue weighted by Gasteiger charge is -2.34. The number of nitrogens with one attached hydrogen (secondary N) is 1. The van der Waals surface area contributed by atoms with E-state index in [1.807, 2.05) is 75.4 Å². The van der Waals surface area contributed by atoms with Crippen LogP contribution >= 0.6 is 0 Å². The summed E-state index contributed by atoms with van der Waals surface area (Å²) in [5.74, 6) is -0.983. The van der Waals surface area contributed by atoms with Crippen molar-refractivity contribution in [2.24, 2.45) is 0 Å². The van der Waals surface area contributed by atoms with Crippen molar-refractivity contribution in [1.29, 1.82) is 0 Å². The van der Waals surface area contributed by atoms with E-state index >= 15 is 0 Å². The lowest BCUT2D eigenvalue weighted by atomic mass is 10.0. The van der Waals surface area contributed by atoms with Gasteiger partial charge in [-0.25, -0.2) is 12.8 Å². The second-order valence-corrected chi connectivity index (χ2v) is 12.8. The highest BCUT2D eigenvalue weighted by Crippen LogP contribution is 2.27. The number of anilines is 1. The molecule has 242 valence electrons. The molecule has 4 aromatic carbocycles. The highest BCUT2D eigenvalue weighted by atomic mass is 32.2. The highest BCUT2D eigenvalue weighted by Gasteiger charge is 2.34. The zero-order valence-electron chi connectivity index (χ0n) is 26.4. The summed E-state index contributed by atoms with van der Waals surface area (Å²) in [6.07, 6.45) is 0.921. The first-order valence-corrected chi connectivity index (χ1v) is 16.7. The maximum atomic E-state index is 14.4. The van der Waals surface area contributed by atoms with E-state index < -0.39 is 34.3 Å². The Balaban J connectivity index is 1.78. The molecule has 0 saturated heterocycles. The number of carbonyl (C=O) groups excluding carboxylic acids is 2. The zero-order chi connectivity index (χ0) is 33.1. The predicted molar refractivity (Wildman–Crippen MR) is 178 cm³/mol. The van der Waals surface area contributed by atoms with E-state index in [-0.39, 0.29) is 29.5 Å². The maximum absolute atomic E-state index is 14.4. The minimum absolute atomic E-state index is 0.0660. The lowest BCUT2D eigenvalue weighted by Crippen LogP contribution is -2.53. The summed E-state index contributed by atoms with van der Waals surface area (Å²) in [7, 11) is -4.32. The minimum atomic E-state index is -4.32. The SMILES string of the molecule is CCCNC(=O)[C@H](Cc1ccccc1)N(Cc1ccc(C)cc1)C(=O)CN(c1ccc(F)cc1)S(=O)(=O)c1ccc(OCC)cc1. The van der Waals surface area contributed by atoms with Gasteiger partial charge < -0.3 is 15.0 Å². The molecule has 2 amide bonds. The van der Waals surface area contributed by atoms with Gasteiger partial charge in [-0.15, -0.1) is 0 Å². The van der Waals surface area contributed by atoms with Crippen molar-refractivity contribution in [3.63, 3.8) is 0 Å². The molecule has 0 aliphatic rings. The summed E-state index contributed by atoms with van der Waals surface area (Å²) in [5, 5.41) is 2.93. The molecular weight excluding hydrogens is 605 g/mol. The molecule has 0 unspecified atom stereocenters. The van der Waals surface area contributed by atoms with Gasteiger partial charge in [0.05, 0.1) is 17.2 Å². The molecule has 1 atom stereocenters. The first-order chi connectivity index (χ1) is 22.1. The van der Waals surface area contributed by atoms with Crippen LogP contribution in [0.2, 0.25) is 0 Å². The molecule has 4 rings (SSSR count). The molecule has 0 radical (unpaired) electrons. The van der Waals surface area contributed by atoms with Crippen LogP contribution in [0.15, 0.2) is 108 Å². The van der Waals surface area contributed by atoms with Gasteiger partial charge in [-0.05, 0) is 79.9 Å². The molecule has 0 saturated carbocycles. The summed E-state index contributed by atoms with van der Waals surface area (Å²) in [6.45, 7) is 5.99. The van der Waals surface area contributed by atoms with Gasteiger partial charge >= 0.3 is 0 Å². The van der Waals surface area contributed by atoms with Crippen LogP contribution in [0.4, 0.5) is 10.1 Å². The van der Waals surface area contributed by atoms with Crippen molar-refractivity contribution in [2.45, 2.75) is 51.1 Å². The Kier molecular flexibility index (Phi) is 11.9. The van der Waals surface area contributed by atoms with Crippen molar-refractivity contribution in [3.8, 4) is 5.75 Å². The lowest BCUT2D eigenvalue weighted by molar-refractivity contribution is -0.140. The van der Waals surface area contributed by atoms with E-state index in [1.54, 1.807) is 12.1 Å². The number of halogens is 1. The number of aryl methyl sites for hydroxylation is 1. The molecule has 0 aliphatic heterocycles. The van der Waals surface area contributed by atoms with Gasteiger partial charge in [-0.2, -0.15) is 0 Å². The number of hydrogen-bond acceptors (Lipinski definition) is 5. The van der Waals surface area contributed by atoms with E-state index in [0.717, 1.165) is 33.1 Å². The van der Waals surface area contributed by atoms with Crippen LogP contribution in [0.25, 0.3) is 0 Å². The molecule has 4 aromatic rings. The first kappa shape index (κ1) is 34.2. The Morgan fingerprint density at radius 2 is 1.50 bits per heavy atom. The molecule has 46 heavy (non-hydrogen) atoms. The van der Waals surface area contributed by atoms with Crippen LogP contribution < -0.4 is 14.4 Å². The quantitative estimate of drug-likeness (QED) is 0.174. The molecule has 10 heteroatoms. The summed E-state index contributed by atoms with van der Waals surface area (Å²) in [4.78, 5) is 29.5. The molecule has 0 aromatic heterocycles. The van der Waals surface area contributed by atoms with Crippen molar-refractivity contribution in [2.75, 3.05) is 24.0 Å². The zero-order valence-corrected chi connectivity index (χ0v) is 27.2. The summed E-state index contributed by atoms with van der Waals surface area (Å²) >= 11 is 0. The Morgan fingerprint density at radius 3 is 2.11 bits per heavy atom. The second-order valence-electron chi connectivity index (χ2n) is 10.9. The van der Waals surface area contributed by atoms with Crippen molar-refractivity contribution >= 4 is 27.5 Å². The number of carbonyl (C=O) groups is 2. The van der Waals surface area contributed by atoms with Gasteiger partial charge in [-0.3, -0.25) is 13.9 Å². The van der Waals surface area contributed by atoms with Gasteiger partial charge in [0.1, 0.15) is 24.2 Å². The number of nitrogens with zero attached hydrogens (tertiary/aromatic N) is 2. The summed E-state index contributed by atoms with van der Waals surface area (Å²) in [6, 6.07) is 26.8. The van der Waals surface area contributed by atoms with E-state index in [1.165, 1.54) is 29.2 Å². The number of rotatable bonds is 15. The normalized spacial score (nSPS) is 11.8. The van der Waals surface area contributed by atoms with Crippen LogP contribution in [0.3, 0.4) is 0 Å². The number of ether oxygens (including phenoxy) is 1. The average Bonchev–Trinajstić information content (AvgIpc) is 3.06. The predicted octanol–water partition coefficient (Wildman–Crippen LogP) is 5.89. The van der Waals surface area contributed by atoms with Gasteiger partial charge in [0.2, 0.25) is 11.8 Å².